The van der Waals surface area contributed by atoms with Gasteiger partial charge in [0.25, 0.3) is 0 Å². The van der Waals surface area contributed by atoms with E-state index in [-0.39, 0.29) is 12.5 Å². The van der Waals surface area contributed by atoms with Crippen LogP contribution in [0.25, 0.3) is 0 Å². The van der Waals surface area contributed by atoms with E-state index in [1.165, 1.54) is 4.31 Å². The Morgan fingerprint density at radius 1 is 0.971 bits per heavy atom. The smallest absolute Gasteiger partial charge is 0.244 e. The van der Waals surface area contributed by atoms with Crippen molar-refractivity contribution >= 4 is 27.3 Å². The van der Waals surface area contributed by atoms with Crippen molar-refractivity contribution in [1.82, 2.24) is 9.21 Å². The molecule has 0 radical (unpaired) electrons. The van der Waals surface area contributed by atoms with Crippen LogP contribution >= 0.6 is 11.3 Å². The molecule has 34 heavy (non-hydrogen) atoms. The summed E-state index contributed by atoms with van der Waals surface area (Å²) in [5, 5.41) is 1.99. The zero-order valence-electron chi connectivity index (χ0n) is 20.0. The van der Waals surface area contributed by atoms with Crippen LogP contribution in [0.15, 0.2) is 64.9 Å². The SMILES string of the molecule is Cc1cc(C)c(S(=O)(=O)N(CC(=O)N(Cc2ccccc2)Cc2cccs2)CC2CC2)c(C)c1. The van der Waals surface area contributed by atoms with Crippen LogP contribution in [0.3, 0.4) is 0 Å². The van der Waals surface area contributed by atoms with Crippen molar-refractivity contribution in [2.24, 2.45) is 5.92 Å². The molecule has 0 unspecified atom stereocenters. The molecule has 0 spiro atoms. The molecule has 7 heteroatoms. The number of hydrogen-bond donors (Lipinski definition) is 0. The number of sulfonamides is 1. The summed E-state index contributed by atoms with van der Waals surface area (Å²) in [6.45, 7) is 6.78. The lowest BCUT2D eigenvalue weighted by molar-refractivity contribution is -0.132. The molecule has 1 amide bonds. The second-order valence-corrected chi connectivity index (χ2v) is 12.2. The number of rotatable bonds is 10. The van der Waals surface area contributed by atoms with Crippen LogP contribution in [-0.2, 0) is 27.9 Å². The van der Waals surface area contributed by atoms with Gasteiger partial charge in [0.1, 0.15) is 0 Å². The lowest BCUT2D eigenvalue weighted by Gasteiger charge is -2.28. The van der Waals surface area contributed by atoms with E-state index in [1.54, 1.807) is 16.2 Å². The van der Waals surface area contributed by atoms with Gasteiger partial charge < -0.3 is 4.90 Å². The molecule has 5 nitrogen and oxygen atoms in total. The lowest BCUT2D eigenvalue weighted by Crippen LogP contribution is -2.43. The van der Waals surface area contributed by atoms with E-state index in [2.05, 4.69) is 0 Å². The van der Waals surface area contributed by atoms with Gasteiger partial charge in [-0.2, -0.15) is 4.31 Å². The van der Waals surface area contributed by atoms with E-state index in [0.29, 0.717) is 30.4 Å². The zero-order valence-corrected chi connectivity index (χ0v) is 21.7. The Bertz CT molecular complexity index is 1210. The quantitative estimate of drug-likeness (QED) is 0.383. The predicted octanol–water partition coefficient (Wildman–Crippen LogP) is 5.30. The highest BCUT2D eigenvalue weighted by Gasteiger charge is 2.35. The first-order valence-electron chi connectivity index (χ1n) is 11.7. The monoisotopic (exact) mass is 496 g/mol. The molecule has 1 aliphatic carbocycles. The van der Waals surface area contributed by atoms with Crippen LogP contribution in [0.4, 0.5) is 0 Å². The standard InChI is InChI=1S/C27H32N2O3S2/c1-20-14-21(2)27(22(3)15-20)34(31,32)29(17-24-11-12-24)19-26(30)28(18-25-10-7-13-33-25)16-23-8-5-4-6-9-23/h4-10,13-15,24H,11-12,16-19H2,1-3H3. The summed E-state index contributed by atoms with van der Waals surface area (Å²) in [5.74, 6) is 0.150. The fourth-order valence-electron chi connectivity index (χ4n) is 4.42. The highest BCUT2D eigenvalue weighted by atomic mass is 32.2. The summed E-state index contributed by atoms with van der Waals surface area (Å²) >= 11 is 1.60. The average Bonchev–Trinajstić information content (AvgIpc) is 3.44. The summed E-state index contributed by atoms with van der Waals surface area (Å²) in [4.78, 5) is 16.8. The van der Waals surface area contributed by atoms with E-state index < -0.39 is 10.0 Å². The summed E-state index contributed by atoms with van der Waals surface area (Å²) in [7, 11) is -3.81. The van der Waals surface area contributed by atoms with Gasteiger partial charge in [0.2, 0.25) is 15.9 Å². The molecule has 1 aliphatic rings. The fourth-order valence-corrected chi connectivity index (χ4v) is 7.01. The molecular weight excluding hydrogens is 464 g/mol. The van der Waals surface area contributed by atoms with Gasteiger partial charge in [-0.25, -0.2) is 8.42 Å². The van der Waals surface area contributed by atoms with Crippen LogP contribution < -0.4 is 0 Å². The van der Waals surface area contributed by atoms with Crippen molar-refractivity contribution in [3.8, 4) is 0 Å². The van der Waals surface area contributed by atoms with Gasteiger partial charge in [0.15, 0.2) is 0 Å². The Morgan fingerprint density at radius 3 is 2.24 bits per heavy atom. The van der Waals surface area contributed by atoms with E-state index in [9.17, 15) is 13.2 Å². The second-order valence-electron chi connectivity index (χ2n) is 9.28. The highest BCUT2D eigenvalue weighted by Crippen LogP contribution is 2.33. The third-order valence-electron chi connectivity index (χ3n) is 6.17. The molecule has 0 aliphatic heterocycles. The number of amides is 1. The van der Waals surface area contributed by atoms with Crippen molar-refractivity contribution < 1.29 is 13.2 Å². The van der Waals surface area contributed by atoms with Crippen molar-refractivity contribution in [2.75, 3.05) is 13.1 Å². The Labute approximate surface area is 207 Å². The number of aryl methyl sites for hydroxylation is 3. The number of thiophene rings is 1. The van der Waals surface area contributed by atoms with Crippen LogP contribution in [0, 0.1) is 26.7 Å². The number of benzene rings is 2. The van der Waals surface area contributed by atoms with Gasteiger partial charge in [-0.05, 0) is 67.7 Å². The normalized spacial score (nSPS) is 13.9. The molecule has 0 bridgehead atoms. The van der Waals surface area contributed by atoms with E-state index in [1.807, 2.05) is 80.7 Å². The second kappa shape index (κ2) is 10.4. The predicted molar refractivity (Wildman–Crippen MR) is 137 cm³/mol. The Hall–Kier alpha value is -2.48. The van der Waals surface area contributed by atoms with Gasteiger partial charge in [-0.3, -0.25) is 4.79 Å². The number of hydrogen-bond acceptors (Lipinski definition) is 4. The van der Waals surface area contributed by atoms with Crippen molar-refractivity contribution in [3.63, 3.8) is 0 Å². The van der Waals surface area contributed by atoms with Gasteiger partial charge in [0, 0.05) is 18.0 Å². The molecule has 1 fully saturated rings. The third-order valence-corrected chi connectivity index (χ3v) is 9.15. The molecule has 1 heterocycles. The molecule has 0 N–H and O–H groups in total. The van der Waals surface area contributed by atoms with Gasteiger partial charge in [0.05, 0.1) is 18.0 Å². The van der Waals surface area contributed by atoms with Crippen molar-refractivity contribution in [3.05, 3.63) is 87.1 Å². The highest BCUT2D eigenvalue weighted by molar-refractivity contribution is 7.89. The molecule has 180 valence electrons. The molecule has 3 aromatic rings. The lowest BCUT2D eigenvalue weighted by atomic mass is 10.1. The summed E-state index contributed by atoms with van der Waals surface area (Å²) in [6.07, 6.45) is 2.02. The van der Waals surface area contributed by atoms with Gasteiger partial charge in [-0.15, -0.1) is 11.3 Å². The topological polar surface area (TPSA) is 57.7 Å². The van der Waals surface area contributed by atoms with Crippen LogP contribution in [0.1, 0.15) is 40.0 Å². The minimum absolute atomic E-state index is 0.149. The van der Waals surface area contributed by atoms with Crippen LogP contribution in [-0.4, -0.2) is 36.6 Å². The third kappa shape index (κ3) is 5.95. The average molecular weight is 497 g/mol. The molecule has 2 aromatic carbocycles. The maximum absolute atomic E-state index is 13.8. The molecular formula is C27H32N2O3S2. The van der Waals surface area contributed by atoms with Crippen molar-refractivity contribution in [1.29, 1.82) is 0 Å². The summed E-state index contributed by atoms with van der Waals surface area (Å²) in [5.41, 5.74) is 3.51. The Kier molecular flexibility index (Phi) is 7.55. The first kappa shape index (κ1) is 24.6. The maximum Gasteiger partial charge on any atom is 0.244 e. The van der Waals surface area contributed by atoms with E-state index in [4.69, 9.17) is 0 Å². The van der Waals surface area contributed by atoms with Crippen LogP contribution in [0.2, 0.25) is 0 Å². The number of carbonyl (C=O) groups excluding carboxylic acids is 1. The Balaban J connectivity index is 1.62. The summed E-state index contributed by atoms with van der Waals surface area (Å²) in [6, 6.07) is 17.6. The Morgan fingerprint density at radius 2 is 1.65 bits per heavy atom. The largest absolute Gasteiger partial charge is 0.332 e. The fraction of sp³-hybridized carbons (Fsp3) is 0.370. The van der Waals surface area contributed by atoms with E-state index in [0.717, 1.165) is 40.0 Å². The molecule has 1 aromatic heterocycles. The zero-order chi connectivity index (χ0) is 24.3. The van der Waals surface area contributed by atoms with E-state index >= 15 is 0 Å². The molecule has 4 rings (SSSR count). The minimum atomic E-state index is -3.81. The van der Waals surface area contributed by atoms with Gasteiger partial charge in [-0.1, -0.05) is 54.1 Å². The first-order valence-corrected chi connectivity index (χ1v) is 14.0. The van der Waals surface area contributed by atoms with Crippen molar-refractivity contribution in [2.45, 2.75) is 51.6 Å². The summed E-state index contributed by atoms with van der Waals surface area (Å²) < 4.78 is 29.1. The minimum Gasteiger partial charge on any atom is -0.332 e. The van der Waals surface area contributed by atoms with Crippen LogP contribution in [0.5, 0.6) is 0 Å². The molecule has 1 saturated carbocycles. The molecule has 0 saturated heterocycles. The number of carbonyl (C=O) groups is 1. The maximum atomic E-state index is 13.8. The number of nitrogens with zero attached hydrogens (tertiary/aromatic N) is 2. The van der Waals surface area contributed by atoms with Gasteiger partial charge >= 0.3 is 0 Å². The first-order chi connectivity index (χ1) is 16.2. The molecule has 0 atom stereocenters.